The molecule has 1 atom stereocenters. The number of methoxy groups -OCH3 is 3. The van der Waals surface area contributed by atoms with Gasteiger partial charge in [0.1, 0.15) is 17.2 Å². The Labute approximate surface area is 282 Å². The highest BCUT2D eigenvalue weighted by molar-refractivity contribution is 7.99. The van der Waals surface area contributed by atoms with Gasteiger partial charge in [-0.2, -0.15) is 5.10 Å². The zero-order chi connectivity index (χ0) is 33.5. The van der Waals surface area contributed by atoms with Crippen molar-refractivity contribution in [3.63, 3.8) is 0 Å². The van der Waals surface area contributed by atoms with Crippen LogP contribution in [0.2, 0.25) is 0 Å². The maximum atomic E-state index is 13.9. The highest BCUT2D eigenvalue weighted by Crippen LogP contribution is 2.35. The molecule has 12 heteroatoms. The molecular formula is C36H34N6O5S. The van der Waals surface area contributed by atoms with E-state index in [9.17, 15) is 9.59 Å². The molecule has 1 N–H and O–H groups in total. The number of para-hydroxylation sites is 2. The average Bonchev–Trinajstić information content (AvgIpc) is 3.78. The Kier molecular flexibility index (Phi) is 10.0. The predicted octanol–water partition coefficient (Wildman–Crippen LogP) is 5.69. The van der Waals surface area contributed by atoms with Crippen molar-refractivity contribution in [3.05, 3.63) is 126 Å². The van der Waals surface area contributed by atoms with Crippen molar-refractivity contribution in [3.8, 4) is 22.9 Å². The van der Waals surface area contributed by atoms with Gasteiger partial charge in [0.15, 0.2) is 11.0 Å². The van der Waals surface area contributed by atoms with Gasteiger partial charge in [-0.3, -0.25) is 14.2 Å². The van der Waals surface area contributed by atoms with Gasteiger partial charge in [-0.1, -0.05) is 54.2 Å². The third-order valence-electron chi connectivity index (χ3n) is 7.89. The molecule has 0 unspecified atom stereocenters. The predicted molar refractivity (Wildman–Crippen MR) is 183 cm³/mol. The molecule has 0 saturated heterocycles. The lowest BCUT2D eigenvalue weighted by atomic mass is 9.98. The summed E-state index contributed by atoms with van der Waals surface area (Å²) in [5.74, 6) is 2.04. The topological polar surface area (TPSA) is 120 Å². The van der Waals surface area contributed by atoms with E-state index in [1.807, 2.05) is 83.4 Å². The summed E-state index contributed by atoms with van der Waals surface area (Å²) in [4.78, 5) is 26.9. The number of ether oxygens (including phenoxy) is 3. The van der Waals surface area contributed by atoms with Crippen molar-refractivity contribution < 1.29 is 23.8 Å². The summed E-state index contributed by atoms with van der Waals surface area (Å²) in [5, 5.41) is 18.6. The standard InChI is InChI=1S/C36H34N6O5S/c1-45-27-17-13-24(14-18-27)30-21-31(25-15-19-28(46-2)20-16-25)42(40-30)34(43)23-48-36-39-38-33(41(36)26-9-5-4-6-10-26)22-37-35(44)29-11-7-8-12-32(29)47-3/h4-20,31H,21-23H2,1-3H3,(H,37,44)/t31-/m0/s1. The van der Waals surface area contributed by atoms with Crippen LogP contribution in [0.3, 0.4) is 0 Å². The molecule has 0 bridgehead atoms. The van der Waals surface area contributed by atoms with E-state index in [2.05, 4.69) is 15.5 Å². The number of hydrogen-bond acceptors (Lipinski definition) is 9. The van der Waals surface area contributed by atoms with Crippen LogP contribution < -0.4 is 19.5 Å². The number of carbonyl (C=O) groups is 2. The van der Waals surface area contributed by atoms with Crippen molar-refractivity contribution in [2.45, 2.75) is 24.2 Å². The summed E-state index contributed by atoms with van der Waals surface area (Å²) in [5.41, 5.74) is 3.88. The van der Waals surface area contributed by atoms with E-state index in [0.717, 1.165) is 34.0 Å². The number of nitrogens with zero attached hydrogens (tertiary/aromatic N) is 5. The smallest absolute Gasteiger partial charge is 0.255 e. The maximum Gasteiger partial charge on any atom is 0.255 e. The van der Waals surface area contributed by atoms with Gasteiger partial charge >= 0.3 is 0 Å². The fraction of sp³-hybridized carbons (Fsp3) is 0.194. The van der Waals surface area contributed by atoms with E-state index < -0.39 is 0 Å². The number of amides is 2. The van der Waals surface area contributed by atoms with E-state index >= 15 is 0 Å². The number of thioether (sulfide) groups is 1. The highest BCUT2D eigenvalue weighted by atomic mass is 32.2. The zero-order valence-electron chi connectivity index (χ0n) is 26.7. The third kappa shape index (κ3) is 7.03. The number of hydrazone groups is 1. The zero-order valence-corrected chi connectivity index (χ0v) is 27.5. The number of rotatable bonds is 12. The monoisotopic (exact) mass is 662 g/mol. The molecule has 1 aliphatic rings. The first-order valence-electron chi connectivity index (χ1n) is 15.2. The molecule has 2 amide bonds. The molecule has 4 aromatic carbocycles. The van der Waals surface area contributed by atoms with Gasteiger partial charge in [0.05, 0.1) is 50.9 Å². The minimum absolute atomic E-state index is 0.0601. The normalized spacial score (nSPS) is 13.9. The number of benzene rings is 4. The summed E-state index contributed by atoms with van der Waals surface area (Å²) < 4.78 is 17.9. The Hall–Kier alpha value is -5.62. The SMILES string of the molecule is COc1ccc(C2=NN(C(=O)CSc3nnc(CNC(=O)c4ccccc4OC)n3-c3ccccc3)[C@H](c3ccc(OC)cc3)C2)cc1. The van der Waals surface area contributed by atoms with Crippen molar-refractivity contribution in [2.24, 2.45) is 5.10 Å². The summed E-state index contributed by atoms with van der Waals surface area (Å²) >= 11 is 1.26. The molecule has 0 spiro atoms. The van der Waals surface area contributed by atoms with Crippen LogP contribution in [0.5, 0.6) is 17.2 Å². The second-order valence-corrected chi connectivity index (χ2v) is 11.7. The van der Waals surface area contributed by atoms with Crippen LogP contribution in [0.4, 0.5) is 0 Å². The number of hydrogen-bond donors (Lipinski definition) is 1. The minimum atomic E-state index is -0.302. The molecule has 0 saturated carbocycles. The molecular weight excluding hydrogens is 629 g/mol. The molecule has 0 aliphatic carbocycles. The minimum Gasteiger partial charge on any atom is -0.497 e. The van der Waals surface area contributed by atoms with Crippen molar-refractivity contribution >= 4 is 29.3 Å². The van der Waals surface area contributed by atoms with E-state index in [1.165, 1.54) is 18.9 Å². The molecule has 11 nitrogen and oxygen atoms in total. The van der Waals surface area contributed by atoms with Gasteiger partial charge in [0.25, 0.3) is 11.8 Å². The van der Waals surface area contributed by atoms with Crippen LogP contribution in [0.1, 0.15) is 39.8 Å². The molecule has 1 aromatic heterocycles. The molecule has 1 aliphatic heterocycles. The van der Waals surface area contributed by atoms with Crippen LogP contribution in [0.15, 0.2) is 113 Å². The Morgan fingerprint density at radius 2 is 1.48 bits per heavy atom. The lowest BCUT2D eigenvalue weighted by Crippen LogP contribution is -2.28. The number of carbonyl (C=O) groups excluding carboxylic acids is 2. The van der Waals surface area contributed by atoms with Crippen molar-refractivity contribution in [2.75, 3.05) is 27.1 Å². The second kappa shape index (κ2) is 14.9. The largest absolute Gasteiger partial charge is 0.497 e. The molecule has 6 rings (SSSR count). The number of nitrogens with one attached hydrogen (secondary N) is 1. The van der Waals surface area contributed by atoms with Gasteiger partial charge in [-0.15, -0.1) is 10.2 Å². The van der Waals surface area contributed by atoms with Gasteiger partial charge in [-0.05, 0) is 71.8 Å². The Balaban J connectivity index is 1.23. The number of aromatic nitrogens is 3. The van der Waals surface area contributed by atoms with Gasteiger partial charge in [-0.25, -0.2) is 5.01 Å². The van der Waals surface area contributed by atoms with Gasteiger partial charge in [0, 0.05) is 12.1 Å². The molecule has 0 radical (unpaired) electrons. The average molecular weight is 663 g/mol. The van der Waals surface area contributed by atoms with Crippen LogP contribution in [0.25, 0.3) is 5.69 Å². The van der Waals surface area contributed by atoms with E-state index in [1.54, 1.807) is 43.5 Å². The van der Waals surface area contributed by atoms with Crippen LogP contribution in [-0.4, -0.2) is 64.4 Å². The molecule has 2 heterocycles. The van der Waals surface area contributed by atoms with E-state index in [0.29, 0.717) is 28.7 Å². The van der Waals surface area contributed by atoms with Crippen LogP contribution in [0, 0.1) is 0 Å². The maximum absolute atomic E-state index is 13.9. The summed E-state index contributed by atoms with van der Waals surface area (Å²) in [6, 6.07) is 31.6. The first-order chi connectivity index (χ1) is 23.5. The first-order valence-corrected chi connectivity index (χ1v) is 16.2. The molecule has 5 aromatic rings. The fourth-order valence-electron chi connectivity index (χ4n) is 5.41. The lowest BCUT2D eigenvalue weighted by Gasteiger charge is -2.22. The van der Waals surface area contributed by atoms with E-state index in [-0.39, 0.29) is 30.2 Å². The first kappa shape index (κ1) is 32.3. The molecule has 244 valence electrons. The molecule has 48 heavy (non-hydrogen) atoms. The van der Waals surface area contributed by atoms with Crippen molar-refractivity contribution in [1.82, 2.24) is 25.1 Å². The second-order valence-electron chi connectivity index (χ2n) is 10.7. The fourth-order valence-corrected chi connectivity index (χ4v) is 6.23. The third-order valence-corrected chi connectivity index (χ3v) is 8.80. The summed E-state index contributed by atoms with van der Waals surface area (Å²) in [6.07, 6.45) is 0.547. The molecule has 0 fully saturated rings. The lowest BCUT2D eigenvalue weighted by molar-refractivity contribution is -0.130. The Bertz CT molecular complexity index is 1910. The van der Waals surface area contributed by atoms with Crippen LogP contribution >= 0.6 is 11.8 Å². The highest BCUT2D eigenvalue weighted by Gasteiger charge is 2.33. The van der Waals surface area contributed by atoms with Crippen LogP contribution in [-0.2, 0) is 11.3 Å². The van der Waals surface area contributed by atoms with Crippen molar-refractivity contribution in [1.29, 1.82) is 0 Å². The van der Waals surface area contributed by atoms with Gasteiger partial charge < -0.3 is 19.5 Å². The van der Waals surface area contributed by atoms with Gasteiger partial charge in [0.2, 0.25) is 0 Å². The Morgan fingerprint density at radius 1 is 0.812 bits per heavy atom. The Morgan fingerprint density at radius 3 is 2.17 bits per heavy atom. The summed E-state index contributed by atoms with van der Waals surface area (Å²) in [7, 11) is 4.77. The quantitative estimate of drug-likeness (QED) is 0.169. The summed E-state index contributed by atoms with van der Waals surface area (Å²) in [6.45, 7) is 0.106. The van der Waals surface area contributed by atoms with E-state index in [4.69, 9.17) is 19.3 Å².